The number of amides is 3. The number of nitrogens with one attached hydrogen (secondary N) is 1. The van der Waals surface area contributed by atoms with Gasteiger partial charge in [0.05, 0.1) is 25.2 Å². The predicted molar refractivity (Wildman–Crippen MR) is 128 cm³/mol. The van der Waals surface area contributed by atoms with Crippen molar-refractivity contribution in [3.63, 3.8) is 0 Å². The van der Waals surface area contributed by atoms with Gasteiger partial charge in [0.15, 0.2) is 11.5 Å². The van der Waals surface area contributed by atoms with Crippen molar-refractivity contribution in [1.82, 2.24) is 4.90 Å². The van der Waals surface area contributed by atoms with Gasteiger partial charge in [0, 0.05) is 5.69 Å². The van der Waals surface area contributed by atoms with Gasteiger partial charge < -0.3 is 19.5 Å². The molecule has 0 atom stereocenters. The normalized spacial score (nSPS) is 14.5. The van der Waals surface area contributed by atoms with E-state index in [-0.39, 0.29) is 11.4 Å². The van der Waals surface area contributed by atoms with Crippen LogP contribution in [0.1, 0.15) is 25.8 Å². The molecule has 1 heterocycles. The van der Waals surface area contributed by atoms with Crippen LogP contribution in [0.3, 0.4) is 0 Å². The summed E-state index contributed by atoms with van der Waals surface area (Å²) >= 11 is 0.794. The van der Waals surface area contributed by atoms with Crippen LogP contribution in [0.25, 0.3) is 6.08 Å². The summed E-state index contributed by atoms with van der Waals surface area (Å²) in [5, 5.41) is 2.18. The maximum Gasteiger partial charge on any atom is 0.294 e. The van der Waals surface area contributed by atoms with E-state index in [1.54, 1.807) is 48.5 Å². The molecule has 1 fully saturated rings. The van der Waals surface area contributed by atoms with Gasteiger partial charge in [0.2, 0.25) is 5.91 Å². The molecule has 1 aliphatic rings. The van der Waals surface area contributed by atoms with E-state index in [1.165, 1.54) is 7.11 Å². The lowest BCUT2D eigenvalue weighted by Gasteiger charge is -2.13. The average molecular weight is 471 g/mol. The van der Waals surface area contributed by atoms with Gasteiger partial charge in [0.1, 0.15) is 12.3 Å². The molecule has 3 amide bonds. The van der Waals surface area contributed by atoms with E-state index in [0.29, 0.717) is 41.7 Å². The summed E-state index contributed by atoms with van der Waals surface area (Å²) in [5.41, 5.74) is 1.23. The molecule has 9 heteroatoms. The van der Waals surface area contributed by atoms with Crippen LogP contribution in [-0.4, -0.2) is 48.8 Å². The van der Waals surface area contributed by atoms with Gasteiger partial charge in [-0.3, -0.25) is 19.3 Å². The summed E-state index contributed by atoms with van der Waals surface area (Å²) in [4.78, 5) is 38.7. The number of thioether (sulfide) groups is 1. The molecule has 1 saturated heterocycles. The minimum Gasteiger partial charge on any atom is -0.494 e. The maximum atomic E-state index is 12.8. The van der Waals surface area contributed by atoms with Gasteiger partial charge in [-0.25, -0.2) is 0 Å². The molecule has 8 nitrogen and oxygen atoms in total. The average Bonchev–Trinajstić information content (AvgIpc) is 3.06. The molecule has 2 aromatic rings. The van der Waals surface area contributed by atoms with E-state index in [0.717, 1.165) is 23.1 Å². The van der Waals surface area contributed by atoms with Crippen LogP contribution in [0.5, 0.6) is 17.2 Å². The predicted octanol–water partition coefficient (Wildman–Crippen LogP) is 4.56. The number of benzene rings is 2. The van der Waals surface area contributed by atoms with E-state index in [4.69, 9.17) is 14.2 Å². The number of hydrogen-bond acceptors (Lipinski definition) is 7. The van der Waals surface area contributed by atoms with Crippen LogP contribution in [0.4, 0.5) is 10.5 Å². The fraction of sp³-hybridized carbons (Fsp3) is 0.292. The van der Waals surface area contributed by atoms with E-state index in [2.05, 4.69) is 5.32 Å². The molecule has 0 aliphatic carbocycles. The van der Waals surface area contributed by atoms with E-state index in [9.17, 15) is 14.4 Å². The first-order valence-corrected chi connectivity index (χ1v) is 11.4. The quantitative estimate of drug-likeness (QED) is 0.509. The van der Waals surface area contributed by atoms with Crippen molar-refractivity contribution < 1.29 is 28.6 Å². The smallest absolute Gasteiger partial charge is 0.294 e. The third kappa shape index (κ3) is 6.29. The van der Waals surface area contributed by atoms with Gasteiger partial charge >= 0.3 is 0 Å². The molecule has 33 heavy (non-hydrogen) atoms. The molecule has 0 bridgehead atoms. The number of carbonyl (C=O) groups is 3. The van der Waals surface area contributed by atoms with Gasteiger partial charge in [-0.1, -0.05) is 13.0 Å². The molecule has 2 aromatic carbocycles. The van der Waals surface area contributed by atoms with Crippen molar-refractivity contribution in [3.05, 3.63) is 52.9 Å². The van der Waals surface area contributed by atoms with Crippen molar-refractivity contribution in [1.29, 1.82) is 0 Å². The highest BCUT2D eigenvalue weighted by Crippen LogP contribution is 2.34. The number of carbonyl (C=O) groups excluding carboxylic acids is 3. The Morgan fingerprint density at radius 1 is 1.06 bits per heavy atom. The van der Waals surface area contributed by atoms with Crippen LogP contribution in [-0.2, 0) is 9.59 Å². The van der Waals surface area contributed by atoms with Crippen LogP contribution < -0.4 is 19.5 Å². The Labute approximate surface area is 196 Å². The number of nitrogens with zero attached hydrogens (tertiary/aromatic N) is 1. The maximum absolute atomic E-state index is 12.8. The Hall–Kier alpha value is -3.46. The molecule has 0 spiro atoms. The number of hydrogen-bond donors (Lipinski definition) is 1. The summed E-state index contributed by atoms with van der Waals surface area (Å²) in [7, 11) is 1.54. The Morgan fingerprint density at radius 2 is 1.82 bits per heavy atom. The first kappa shape index (κ1) is 24.2. The molecule has 0 saturated carbocycles. The van der Waals surface area contributed by atoms with Crippen LogP contribution in [0, 0.1) is 0 Å². The summed E-state index contributed by atoms with van der Waals surface area (Å²) in [6.07, 6.45) is 2.46. The third-order valence-electron chi connectivity index (χ3n) is 4.57. The zero-order valence-corrected chi connectivity index (χ0v) is 19.6. The number of methoxy groups -OCH3 is 1. The van der Waals surface area contributed by atoms with Crippen LogP contribution in [0.2, 0.25) is 0 Å². The molecular weight excluding hydrogens is 444 g/mol. The highest BCUT2D eigenvalue weighted by Gasteiger charge is 2.36. The zero-order valence-electron chi connectivity index (χ0n) is 18.8. The van der Waals surface area contributed by atoms with Gasteiger partial charge in [-0.15, -0.1) is 0 Å². The largest absolute Gasteiger partial charge is 0.494 e. The fourth-order valence-electron chi connectivity index (χ4n) is 3.04. The van der Waals surface area contributed by atoms with Crippen molar-refractivity contribution in [3.8, 4) is 17.2 Å². The summed E-state index contributed by atoms with van der Waals surface area (Å²) in [6, 6.07) is 12.1. The van der Waals surface area contributed by atoms with E-state index >= 15 is 0 Å². The first-order chi connectivity index (χ1) is 15.9. The lowest BCUT2D eigenvalue weighted by Crippen LogP contribution is -2.36. The lowest BCUT2D eigenvalue weighted by molar-refractivity contribution is -0.127. The minimum absolute atomic E-state index is 0.234. The second kappa shape index (κ2) is 11.4. The number of imide groups is 1. The van der Waals surface area contributed by atoms with Crippen molar-refractivity contribution in [2.75, 3.05) is 32.2 Å². The van der Waals surface area contributed by atoms with Gasteiger partial charge in [-0.2, -0.15) is 0 Å². The fourth-order valence-corrected chi connectivity index (χ4v) is 3.88. The number of rotatable bonds is 10. The Balaban J connectivity index is 1.66. The highest BCUT2D eigenvalue weighted by molar-refractivity contribution is 8.18. The van der Waals surface area contributed by atoms with Gasteiger partial charge in [-0.05, 0) is 73.1 Å². The van der Waals surface area contributed by atoms with E-state index in [1.807, 2.05) is 13.8 Å². The first-order valence-electron chi connectivity index (χ1n) is 10.5. The molecule has 0 aromatic heterocycles. The van der Waals surface area contributed by atoms with Crippen molar-refractivity contribution >= 4 is 40.6 Å². The summed E-state index contributed by atoms with van der Waals surface area (Å²) in [6.45, 7) is 4.63. The van der Waals surface area contributed by atoms with E-state index < -0.39 is 17.1 Å². The third-order valence-corrected chi connectivity index (χ3v) is 5.48. The minimum atomic E-state index is -0.517. The summed E-state index contributed by atoms with van der Waals surface area (Å²) < 4.78 is 16.4. The highest BCUT2D eigenvalue weighted by atomic mass is 32.2. The monoisotopic (exact) mass is 470 g/mol. The Bertz CT molecular complexity index is 1050. The molecule has 1 N–H and O–H groups in total. The van der Waals surface area contributed by atoms with Crippen LogP contribution in [0.15, 0.2) is 47.4 Å². The zero-order chi connectivity index (χ0) is 23.8. The Morgan fingerprint density at radius 3 is 2.48 bits per heavy atom. The second-order valence-corrected chi connectivity index (χ2v) is 8.03. The number of ether oxygens (including phenoxy) is 3. The second-order valence-electron chi connectivity index (χ2n) is 7.03. The molecule has 1 aliphatic heterocycles. The number of anilines is 1. The van der Waals surface area contributed by atoms with Crippen molar-refractivity contribution in [2.45, 2.75) is 20.3 Å². The lowest BCUT2D eigenvalue weighted by atomic mass is 10.2. The molecule has 174 valence electrons. The summed E-state index contributed by atoms with van der Waals surface area (Å²) in [5.74, 6) is 0.841. The van der Waals surface area contributed by atoms with Crippen LogP contribution >= 0.6 is 11.8 Å². The molecular formula is C24H26N2O6S. The molecule has 3 rings (SSSR count). The Kier molecular flexibility index (Phi) is 8.37. The molecule has 0 radical (unpaired) electrons. The standard InChI is InChI=1S/C24H26N2O6S/c1-4-12-32-19-11-6-16(13-20(19)30-3)14-21-23(28)26(24(29)33-21)15-22(27)25-17-7-9-18(10-8-17)31-5-2/h6-11,13-14H,4-5,12,15H2,1-3H3,(H,25,27)/b21-14-. The van der Waals surface area contributed by atoms with Gasteiger partial charge in [0.25, 0.3) is 11.1 Å². The SMILES string of the molecule is CCCOc1ccc(/C=C2\SC(=O)N(CC(=O)Nc3ccc(OCC)cc3)C2=O)cc1OC. The van der Waals surface area contributed by atoms with Crippen molar-refractivity contribution in [2.24, 2.45) is 0 Å². The topological polar surface area (TPSA) is 94.2 Å². The molecule has 0 unspecified atom stereocenters.